The molecule has 0 bridgehead atoms. The molecule has 214 valence electrons. The van der Waals surface area contributed by atoms with Crippen molar-refractivity contribution < 1.29 is 0 Å². The molecule has 4 nitrogen and oxygen atoms in total. The number of benzene rings is 6. The molecule has 0 unspecified atom stereocenters. The van der Waals surface area contributed by atoms with E-state index in [2.05, 4.69) is 108 Å². The van der Waals surface area contributed by atoms with Crippen LogP contribution < -0.4 is 5.73 Å². The minimum absolute atomic E-state index is 0.249. The van der Waals surface area contributed by atoms with Crippen LogP contribution in [0.15, 0.2) is 158 Å². The highest BCUT2D eigenvalue weighted by Crippen LogP contribution is 2.45. The molecule has 1 heterocycles. The number of nitrogens with two attached hydrogens (primary N) is 1. The van der Waals surface area contributed by atoms with E-state index < -0.39 is 0 Å². The van der Waals surface area contributed by atoms with E-state index in [0.717, 1.165) is 16.8 Å². The molecule has 4 heteroatoms. The predicted molar refractivity (Wildman–Crippen MR) is 191 cm³/mol. The average Bonchev–Trinajstić information content (AvgIpc) is 3.09. The summed E-state index contributed by atoms with van der Waals surface area (Å²) in [6, 6.07) is 44.7. The summed E-state index contributed by atoms with van der Waals surface area (Å²) in [6.45, 7) is 0. The molecule has 0 spiro atoms. The smallest absolute Gasteiger partial charge is 0.0795 e. The van der Waals surface area contributed by atoms with E-state index in [1.54, 1.807) is 24.5 Å². The third-order valence-corrected chi connectivity index (χ3v) is 8.22. The third kappa shape index (κ3) is 5.30. The standard InChI is InChI=1S/C30H21N.C11H9N3/c31-22-18-16-21(17-19-22)29-25-11-3-5-13-27(25)30(28-14-6-4-12-26(28)29)24-15-7-9-20-8-1-2-10-23(20)24;12-10-2-1-9(7-11(10)13)8-3-5-14-6-4-8/h1-19H,31H2;1-7,12-13H. The first-order valence-corrected chi connectivity index (χ1v) is 14.8. The molecule has 0 amide bonds. The minimum Gasteiger partial charge on any atom is -0.399 e. The lowest BCUT2D eigenvalue weighted by molar-refractivity contribution is 1.32. The molecule has 0 atom stereocenters. The van der Waals surface area contributed by atoms with Crippen LogP contribution in [-0.4, -0.2) is 16.4 Å². The number of rotatable bonds is 3. The number of hydrogen-bond acceptors (Lipinski definition) is 4. The van der Waals surface area contributed by atoms with Crippen LogP contribution in [0.1, 0.15) is 5.56 Å². The second kappa shape index (κ2) is 11.9. The Bertz CT molecular complexity index is 2230. The quantitative estimate of drug-likeness (QED) is 0.111. The molecule has 0 radical (unpaired) electrons. The number of nitrogens with one attached hydrogen (secondary N) is 2. The van der Waals surface area contributed by atoms with Crippen molar-refractivity contribution in [2.75, 3.05) is 5.73 Å². The van der Waals surface area contributed by atoms with Crippen LogP contribution in [0, 0.1) is 10.8 Å². The topological polar surface area (TPSA) is 86.6 Å². The number of nitrogen functional groups attached to an aromatic ring is 1. The highest BCUT2D eigenvalue weighted by Gasteiger charge is 2.17. The normalized spacial score (nSPS) is 12.7. The van der Waals surface area contributed by atoms with Crippen LogP contribution in [0.5, 0.6) is 0 Å². The van der Waals surface area contributed by atoms with Gasteiger partial charge in [-0.25, -0.2) is 0 Å². The maximum Gasteiger partial charge on any atom is 0.0795 e. The number of hydrogen-bond donors (Lipinski definition) is 3. The number of fused-ring (bicyclic) bond motifs is 3. The fraction of sp³-hybridized carbons (Fsp3) is 0. The van der Waals surface area contributed by atoms with Crippen molar-refractivity contribution in [1.29, 1.82) is 10.8 Å². The van der Waals surface area contributed by atoms with Gasteiger partial charge in [0.2, 0.25) is 0 Å². The number of aromatic nitrogens is 1. The van der Waals surface area contributed by atoms with E-state index in [4.69, 9.17) is 16.6 Å². The Morgan fingerprint density at radius 2 is 1.02 bits per heavy atom. The minimum atomic E-state index is 0.249. The predicted octanol–water partition coefficient (Wildman–Crippen LogP) is 10.1. The molecule has 0 aliphatic heterocycles. The maximum absolute atomic E-state index is 7.51. The summed E-state index contributed by atoms with van der Waals surface area (Å²) >= 11 is 0. The Hall–Kier alpha value is -6.13. The van der Waals surface area contributed by atoms with E-state index in [1.165, 1.54) is 54.6 Å². The fourth-order valence-corrected chi connectivity index (χ4v) is 6.09. The zero-order chi connectivity index (χ0) is 30.8. The van der Waals surface area contributed by atoms with Gasteiger partial charge in [0.1, 0.15) is 0 Å². The monoisotopic (exact) mass is 578 g/mol. The molecule has 0 saturated heterocycles. The Labute approximate surface area is 261 Å². The highest BCUT2D eigenvalue weighted by molar-refractivity contribution is 6.50. The van der Waals surface area contributed by atoms with Crippen molar-refractivity contribution in [2.45, 2.75) is 0 Å². The van der Waals surface area contributed by atoms with Crippen LogP contribution in [0.2, 0.25) is 0 Å². The molecule has 1 aromatic heterocycles. The van der Waals surface area contributed by atoms with Gasteiger partial charge in [-0.2, -0.15) is 0 Å². The van der Waals surface area contributed by atoms with Crippen LogP contribution in [-0.2, 0) is 0 Å². The van der Waals surface area contributed by atoms with Crippen LogP contribution in [0.25, 0.3) is 60.1 Å². The van der Waals surface area contributed by atoms with E-state index in [0.29, 0.717) is 0 Å². The number of nitrogens with zero attached hydrogens (tertiary/aromatic N) is 1. The second-order valence-corrected chi connectivity index (χ2v) is 11.0. The second-order valence-electron chi connectivity index (χ2n) is 11.0. The molecule has 4 N–H and O–H groups in total. The largest absolute Gasteiger partial charge is 0.399 e. The molecule has 8 rings (SSSR count). The van der Waals surface area contributed by atoms with Crippen LogP contribution >= 0.6 is 0 Å². The van der Waals surface area contributed by atoms with E-state index in [9.17, 15) is 0 Å². The first-order chi connectivity index (χ1) is 22.1. The average molecular weight is 579 g/mol. The van der Waals surface area contributed by atoms with Crippen molar-refractivity contribution >= 4 is 55.0 Å². The van der Waals surface area contributed by atoms with Crippen molar-refractivity contribution in [3.8, 4) is 22.3 Å². The fourth-order valence-electron chi connectivity index (χ4n) is 6.09. The van der Waals surface area contributed by atoms with Crippen LogP contribution in [0.3, 0.4) is 0 Å². The number of anilines is 1. The van der Waals surface area contributed by atoms with E-state index in [1.807, 2.05) is 30.3 Å². The van der Waals surface area contributed by atoms with Crippen molar-refractivity contribution in [3.05, 3.63) is 164 Å². The maximum atomic E-state index is 7.51. The van der Waals surface area contributed by atoms with Crippen LogP contribution in [0.4, 0.5) is 5.69 Å². The Kier molecular flexibility index (Phi) is 7.30. The molecule has 0 fully saturated rings. The summed E-state index contributed by atoms with van der Waals surface area (Å²) in [5, 5.41) is 22.5. The van der Waals surface area contributed by atoms with Gasteiger partial charge in [-0.3, -0.25) is 15.8 Å². The van der Waals surface area contributed by atoms with Crippen molar-refractivity contribution in [3.63, 3.8) is 0 Å². The molecular formula is C41H30N4. The van der Waals surface area contributed by atoms with Gasteiger partial charge in [-0.15, -0.1) is 0 Å². The van der Waals surface area contributed by atoms with Crippen molar-refractivity contribution in [2.24, 2.45) is 0 Å². The van der Waals surface area contributed by atoms with E-state index in [-0.39, 0.29) is 11.4 Å². The first-order valence-electron chi connectivity index (χ1n) is 14.8. The van der Waals surface area contributed by atoms with Crippen molar-refractivity contribution in [1.82, 2.24) is 4.98 Å². The van der Waals surface area contributed by atoms with E-state index >= 15 is 0 Å². The first kappa shape index (κ1) is 27.7. The Morgan fingerprint density at radius 3 is 1.64 bits per heavy atom. The molecule has 1 aliphatic carbocycles. The molecule has 45 heavy (non-hydrogen) atoms. The SMILES string of the molecule is N=C1C=CC(c2ccncc2)=CC1=N.Nc1ccc(-c2c3ccccc3c(-c3cccc4ccccc34)c3ccccc23)cc1. The van der Waals surface area contributed by atoms with Gasteiger partial charge in [0.05, 0.1) is 11.4 Å². The summed E-state index contributed by atoms with van der Waals surface area (Å²) < 4.78 is 0. The summed E-state index contributed by atoms with van der Waals surface area (Å²) in [7, 11) is 0. The summed E-state index contributed by atoms with van der Waals surface area (Å²) in [6.07, 6.45) is 8.60. The lowest BCUT2D eigenvalue weighted by Gasteiger charge is -2.18. The highest BCUT2D eigenvalue weighted by atomic mass is 14.6. The molecule has 7 aromatic rings. The molecule has 1 aliphatic rings. The van der Waals surface area contributed by atoms with Gasteiger partial charge in [-0.1, -0.05) is 109 Å². The summed E-state index contributed by atoms with van der Waals surface area (Å²) in [4.78, 5) is 3.93. The number of allylic oxidation sites excluding steroid dienone is 4. The van der Waals surface area contributed by atoms with Gasteiger partial charge in [-0.05, 0) is 102 Å². The molecular weight excluding hydrogens is 548 g/mol. The Morgan fingerprint density at radius 1 is 0.467 bits per heavy atom. The van der Waals surface area contributed by atoms with Gasteiger partial charge < -0.3 is 5.73 Å². The lowest BCUT2D eigenvalue weighted by Crippen LogP contribution is -2.09. The summed E-state index contributed by atoms with van der Waals surface area (Å²) in [5.41, 5.74) is 14.3. The number of pyridine rings is 1. The molecule has 6 aromatic carbocycles. The zero-order valence-electron chi connectivity index (χ0n) is 24.5. The summed E-state index contributed by atoms with van der Waals surface area (Å²) in [5.74, 6) is 0. The van der Waals surface area contributed by atoms with Gasteiger partial charge in [0, 0.05) is 18.1 Å². The zero-order valence-corrected chi connectivity index (χ0v) is 24.5. The van der Waals surface area contributed by atoms with Gasteiger partial charge in [0.25, 0.3) is 0 Å². The third-order valence-electron chi connectivity index (χ3n) is 8.22. The molecule has 0 saturated carbocycles. The van der Waals surface area contributed by atoms with Gasteiger partial charge >= 0.3 is 0 Å². The Balaban J connectivity index is 0.000000195. The van der Waals surface area contributed by atoms with Gasteiger partial charge in [0.15, 0.2) is 0 Å². The lowest BCUT2D eigenvalue weighted by atomic mass is 9.85.